The molecule has 0 aromatic carbocycles. The quantitative estimate of drug-likeness (QED) is 0.518. The molecule has 3 unspecified atom stereocenters. The van der Waals surface area contributed by atoms with Crippen molar-refractivity contribution in [1.82, 2.24) is 0 Å². The maximum atomic E-state index is 2.47. The average molecular weight is 180 g/mol. The summed E-state index contributed by atoms with van der Waals surface area (Å²) in [5, 5.41) is 0. The summed E-state index contributed by atoms with van der Waals surface area (Å²) >= 11 is 0. The Morgan fingerprint density at radius 2 is 1.38 bits per heavy atom. The van der Waals surface area contributed by atoms with Gasteiger partial charge < -0.3 is 0 Å². The van der Waals surface area contributed by atoms with E-state index in [0.717, 1.165) is 17.8 Å². The highest BCUT2D eigenvalue weighted by molar-refractivity contribution is 4.78. The molecular weight excluding hydrogens is 156 g/mol. The van der Waals surface area contributed by atoms with Gasteiger partial charge >= 0.3 is 0 Å². The van der Waals surface area contributed by atoms with Crippen LogP contribution < -0.4 is 0 Å². The summed E-state index contributed by atoms with van der Waals surface area (Å²) in [5.41, 5.74) is 0. The molecule has 0 N–H and O–H groups in total. The molecule has 3 atom stereocenters. The molecule has 0 radical (unpaired) electrons. The SMILES string of the molecule is CC1CCCC2CCCCCC2C1. The fourth-order valence-electron chi connectivity index (χ4n) is 3.51. The number of rotatable bonds is 0. The van der Waals surface area contributed by atoms with Gasteiger partial charge in [0.1, 0.15) is 0 Å². The standard InChI is InChI=1S/C13H24/c1-11-6-5-9-12-7-3-2-4-8-13(12)10-11/h11-13H,2-10H2,1H3. The van der Waals surface area contributed by atoms with Crippen molar-refractivity contribution in [3.05, 3.63) is 0 Å². The minimum absolute atomic E-state index is 1.02. The van der Waals surface area contributed by atoms with E-state index in [-0.39, 0.29) is 0 Å². The van der Waals surface area contributed by atoms with Crippen molar-refractivity contribution in [2.24, 2.45) is 17.8 Å². The Balaban J connectivity index is 1.98. The van der Waals surface area contributed by atoms with Crippen LogP contribution in [0.3, 0.4) is 0 Å². The summed E-state index contributed by atoms with van der Waals surface area (Å²) in [7, 11) is 0. The van der Waals surface area contributed by atoms with Gasteiger partial charge in [0.2, 0.25) is 0 Å². The van der Waals surface area contributed by atoms with Gasteiger partial charge in [0, 0.05) is 0 Å². The molecule has 0 bridgehead atoms. The number of fused-ring (bicyclic) bond motifs is 1. The number of hydrogen-bond acceptors (Lipinski definition) is 0. The predicted octanol–water partition coefficient (Wildman–Crippen LogP) is 4.39. The monoisotopic (exact) mass is 180 g/mol. The Kier molecular flexibility index (Phi) is 3.29. The summed E-state index contributed by atoms with van der Waals surface area (Å²) in [4.78, 5) is 0. The van der Waals surface area contributed by atoms with Gasteiger partial charge in [0.15, 0.2) is 0 Å². The van der Waals surface area contributed by atoms with Crippen LogP contribution in [0.5, 0.6) is 0 Å². The molecule has 76 valence electrons. The fraction of sp³-hybridized carbons (Fsp3) is 1.00. The number of hydrogen-bond donors (Lipinski definition) is 0. The van der Waals surface area contributed by atoms with Gasteiger partial charge in [0.25, 0.3) is 0 Å². The Hall–Kier alpha value is 0. The van der Waals surface area contributed by atoms with E-state index in [1.807, 2.05) is 0 Å². The van der Waals surface area contributed by atoms with E-state index < -0.39 is 0 Å². The van der Waals surface area contributed by atoms with Crippen LogP contribution in [0.25, 0.3) is 0 Å². The molecular formula is C13H24. The second-order valence-corrected chi connectivity index (χ2v) is 5.43. The van der Waals surface area contributed by atoms with Crippen molar-refractivity contribution in [2.45, 2.75) is 64.7 Å². The second-order valence-electron chi connectivity index (χ2n) is 5.43. The Morgan fingerprint density at radius 1 is 0.692 bits per heavy atom. The van der Waals surface area contributed by atoms with Gasteiger partial charge in [0.05, 0.1) is 0 Å². The van der Waals surface area contributed by atoms with E-state index in [9.17, 15) is 0 Å². The maximum absolute atomic E-state index is 2.47. The predicted molar refractivity (Wildman–Crippen MR) is 57.7 cm³/mol. The summed E-state index contributed by atoms with van der Waals surface area (Å²) < 4.78 is 0. The van der Waals surface area contributed by atoms with Crippen molar-refractivity contribution in [3.63, 3.8) is 0 Å². The zero-order valence-electron chi connectivity index (χ0n) is 9.10. The molecule has 0 aromatic heterocycles. The first kappa shape index (κ1) is 9.55. The molecule has 0 amide bonds. The molecule has 0 heterocycles. The van der Waals surface area contributed by atoms with Gasteiger partial charge in [-0.05, 0) is 24.2 Å². The topological polar surface area (TPSA) is 0 Å². The summed E-state index contributed by atoms with van der Waals surface area (Å²) in [5.74, 6) is 3.25. The fourth-order valence-corrected chi connectivity index (χ4v) is 3.51. The summed E-state index contributed by atoms with van der Waals surface area (Å²) in [6, 6.07) is 0. The molecule has 2 saturated carbocycles. The van der Waals surface area contributed by atoms with Gasteiger partial charge in [-0.25, -0.2) is 0 Å². The highest BCUT2D eigenvalue weighted by Crippen LogP contribution is 2.39. The first-order chi connectivity index (χ1) is 6.36. The lowest BCUT2D eigenvalue weighted by molar-refractivity contribution is 0.277. The van der Waals surface area contributed by atoms with Crippen molar-refractivity contribution < 1.29 is 0 Å². The van der Waals surface area contributed by atoms with Crippen LogP contribution in [-0.4, -0.2) is 0 Å². The molecule has 0 nitrogen and oxygen atoms in total. The highest BCUT2D eigenvalue weighted by Gasteiger charge is 2.27. The van der Waals surface area contributed by atoms with Crippen LogP contribution >= 0.6 is 0 Å². The Bertz CT molecular complexity index is 150. The molecule has 2 aliphatic carbocycles. The highest BCUT2D eigenvalue weighted by atomic mass is 14.3. The first-order valence-corrected chi connectivity index (χ1v) is 6.36. The van der Waals surface area contributed by atoms with E-state index >= 15 is 0 Å². The van der Waals surface area contributed by atoms with E-state index in [1.54, 1.807) is 25.7 Å². The van der Waals surface area contributed by atoms with Crippen LogP contribution in [0.4, 0.5) is 0 Å². The Labute approximate surface area is 83.1 Å². The summed E-state index contributed by atoms with van der Waals surface area (Å²) in [6.45, 7) is 2.47. The third-order valence-corrected chi connectivity index (χ3v) is 4.29. The van der Waals surface area contributed by atoms with E-state index in [4.69, 9.17) is 0 Å². The minimum atomic E-state index is 1.02. The smallest absolute Gasteiger partial charge is 0.0383 e. The van der Waals surface area contributed by atoms with Gasteiger partial charge in [-0.15, -0.1) is 0 Å². The zero-order chi connectivity index (χ0) is 9.10. The lowest BCUT2D eigenvalue weighted by Gasteiger charge is -2.23. The van der Waals surface area contributed by atoms with E-state index in [0.29, 0.717) is 0 Å². The van der Waals surface area contributed by atoms with Crippen molar-refractivity contribution in [1.29, 1.82) is 0 Å². The molecule has 2 rings (SSSR count). The first-order valence-electron chi connectivity index (χ1n) is 6.36. The van der Waals surface area contributed by atoms with E-state index in [1.165, 1.54) is 32.1 Å². The second kappa shape index (κ2) is 4.48. The minimum Gasteiger partial charge on any atom is -0.0625 e. The third-order valence-electron chi connectivity index (χ3n) is 4.29. The van der Waals surface area contributed by atoms with Crippen LogP contribution in [0, 0.1) is 17.8 Å². The summed E-state index contributed by atoms with van der Waals surface area (Å²) in [6.07, 6.45) is 13.8. The zero-order valence-corrected chi connectivity index (χ0v) is 9.10. The van der Waals surface area contributed by atoms with Gasteiger partial charge in [-0.3, -0.25) is 0 Å². The molecule has 2 aliphatic rings. The molecule has 0 aliphatic heterocycles. The van der Waals surface area contributed by atoms with Crippen LogP contribution in [-0.2, 0) is 0 Å². The van der Waals surface area contributed by atoms with Crippen LogP contribution in [0.2, 0.25) is 0 Å². The van der Waals surface area contributed by atoms with Crippen molar-refractivity contribution >= 4 is 0 Å². The normalized spacial score (nSPS) is 41.8. The van der Waals surface area contributed by atoms with Crippen molar-refractivity contribution in [3.8, 4) is 0 Å². The maximum Gasteiger partial charge on any atom is -0.0383 e. The Morgan fingerprint density at radius 3 is 2.23 bits per heavy atom. The largest absolute Gasteiger partial charge is 0.0625 e. The van der Waals surface area contributed by atoms with Gasteiger partial charge in [-0.2, -0.15) is 0 Å². The lowest BCUT2D eigenvalue weighted by Crippen LogP contribution is -2.13. The molecule has 0 aromatic rings. The average Bonchev–Trinajstić information content (AvgIpc) is 2.38. The van der Waals surface area contributed by atoms with Gasteiger partial charge in [-0.1, -0.05) is 58.3 Å². The third kappa shape index (κ3) is 2.48. The van der Waals surface area contributed by atoms with Crippen LogP contribution in [0.15, 0.2) is 0 Å². The molecule has 0 spiro atoms. The lowest BCUT2D eigenvalue weighted by atomic mass is 9.83. The van der Waals surface area contributed by atoms with Crippen LogP contribution in [0.1, 0.15) is 64.7 Å². The molecule has 13 heavy (non-hydrogen) atoms. The molecule has 0 heteroatoms. The molecule has 2 fully saturated rings. The molecule has 0 saturated heterocycles. The van der Waals surface area contributed by atoms with E-state index in [2.05, 4.69) is 6.92 Å². The van der Waals surface area contributed by atoms with Crippen molar-refractivity contribution in [2.75, 3.05) is 0 Å².